The second-order valence-corrected chi connectivity index (χ2v) is 13.7. The van der Waals surface area contributed by atoms with Gasteiger partial charge in [-0.3, -0.25) is 9.13 Å². The number of hydrogen-bond donors (Lipinski definition) is 0. The number of hydrogen-bond acceptors (Lipinski definition) is 5. The van der Waals surface area contributed by atoms with Crippen LogP contribution in [0.3, 0.4) is 0 Å². The highest BCUT2D eigenvalue weighted by Crippen LogP contribution is 2.42. The fourth-order valence-corrected chi connectivity index (χ4v) is 8.41. The van der Waals surface area contributed by atoms with Gasteiger partial charge >= 0.3 is 0 Å². The molecule has 0 aliphatic heterocycles. The Morgan fingerprint density at radius 2 is 0.852 bits per heavy atom. The molecule has 0 aliphatic carbocycles. The quantitative estimate of drug-likeness (QED) is 0.184. The minimum Gasteiger partial charge on any atom is -0.456 e. The van der Waals surface area contributed by atoms with Gasteiger partial charge in [0.2, 0.25) is 0 Å². The first-order valence-electron chi connectivity index (χ1n) is 17.8. The lowest BCUT2D eigenvalue weighted by molar-refractivity contribution is 0.669. The Labute approximate surface area is 306 Å². The molecule has 0 unspecified atom stereocenters. The molecule has 0 aliphatic rings. The number of furan rings is 2. The summed E-state index contributed by atoms with van der Waals surface area (Å²) in [7, 11) is 0. The number of fused-ring (bicyclic) bond motifs is 12. The Morgan fingerprint density at radius 1 is 0.407 bits per heavy atom. The van der Waals surface area contributed by atoms with Crippen LogP contribution in [0.2, 0.25) is 0 Å². The molecule has 0 fully saturated rings. The number of para-hydroxylation sites is 4. The maximum atomic E-state index is 11.3. The molecule has 0 saturated heterocycles. The van der Waals surface area contributed by atoms with E-state index in [2.05, 4.69) is 75.9 Å². The van der Waals surface area contributed by atoms with E-state index < -0.39 is 0 Å². The van der Waals surface area contributed by atoms with Crippen LogP contribution in [0.15, 0.2) is 160 Å². The molecule has 5 aromatic heterocycles. The van der Waals surface area contributed by atoms with E-state index in [1.165, 1.54) is 0 Å². The standard InChI is InChI=1S/C47H25N5O2/c48-26-36-46(51-37-18-8-4-14-28(37)32-22-34-30-16-6-10-20-41(30)53-43(34)24-39(32)51)49-45(27-12-2-1-3-13-27)50-47(36)52-38-19-9-5-15-29(38)33-23-35-31-17-7-11-21-42(31)54-44(35)25-40(33)52/h1-25H. The third kappa shape index (κ3) is 3.88. The van der Waals surface area contributed by atoms with Crippen molar-refractivity contribution in [2.75, 3.05) is 0 Å². The molecular weight excluding hydrogens is 667 g/mol. The Hall–Kier alpha value is -7.69. The van der Waals surface area contributed by atoms with Crippen LogP contribution in [-0.4, -0.2) is 19.1 Å². The van der Waals surface area contributed by atoms with Gasteiger partial charge in [0.25, 0.3) is 0 Å². The van der Waals surface area contributed by atoms with Gasteiger partial charge in [-0.2, -0.15) is 5.26 Å². The molecule has 0 atom stereocenters. The van der Waals surface area contributed by atoms with Crippen LogP contribution < -0.4 is 0 Å². The maximum absolute atomic E-state index is 11.3. The average molecular weight is 692 g/mol. The average Bonchev–Trinajstić information content (AvgIpc) is 3.96. The fourth-order valence-electron chi connectivity index (χ4n) is 8.41. The molecule has 5 heterocycles. The summed E-state index contributed by atoms with van der Waals surface area (Å²) in [5.41, 5.74) is 7.99. The zero-order chi connectivity index (χ0) is 35.5. The topological polar surface area (TPSA) is 85.7 Å². The minimum atomic E-state index is 0.342. The Morgan fingerprint density at radius 3 is 1.35 bits per heavy atom. The van der Waals surface area contributed by atoms with E-state index in [9.17, 15) is 5.26 Å². The molecule has 12 rings (SSSR count). The summed E-state index contributed by atoms with van der Waals surface area (Å²) in [5.74, 6) is 1.48. The van der Waals surface area contributed by atoms with Crippen molar-refractivity contribution in [3.05, 3.63) is 157 Å². The number of benzene rings is 7. The predicted octanol–water partition coefficient (Wildman–Crippen LogP) is 12.0. The van der Waals surface area contributed by atoms with Crippen LogP contribution in [0.4, 0.5) is 0 Å². The second-order valence-electron chi connectivity index (χ2n) is 13.7. The fraction of sp³-hybridized carbons (Fsp3) is 0. The maximum Gasteiger partial charge on any atom is 0.164 e. The summed E-state index contributed by atoms with van der Waals surface area (Å²) in [6, 6.07) is 53.9. The lowest BCUT2D eigenvalue weighted by Crippen LogP contribution is -2.10. The van der Waals surface area contributed by atoms with E-state index in [0.29, 0.717) is 23.0 Å². The first-order valence-corrected chi connectivity index (χ1v) is 17.8. The SMILES string of the molecule is N#Cc1c(-n2c3ccccc3c3cc4c(cc32)oc2ccccc24)nc(-c2ccccc2)nc1-n1c2ccccc2c2cc3c(cc21)oc1ccccc13. The van der Waals surface area contributed by atoms with E-state index in [-0.39, 0.29) is 0 Å². The van der Waals surface area contributed by atoms with Crippen molar-refractivity contribution in [2.45, 2.75) is 0 Å². The van der Waals surface area contributed by atoms with Crippen molar-refractivity contribution in [1.29, 1.82) is 5.26 Å². The van der Waals surface area contributed by atoms with E-state index in [4.69, 9.17) is 18.8 Å². The normalized spacial score (nSPS) is 12.1. The zero-order valence-electron chi connectivity index (χ0n) is 28.5. The minimum absolute atomic E-state index is 0.342. The first-order chi connectivity index (χ1) is 26.7. The molecule has 7 nitrogen and oxygen atoms in total. The highest BCUT2D eigenvalue weighted by molar-refractivity contribution is 6.19. The molecule has 0 spiro atoms. The summed E-state index contributed by atoms with van der Waals surface area (Å²) in [4.78, 5) is 10.5. The van der Waals surface area contributed by atoms with Gasteiger partial charge in [0.05, 0.1) is 22.1 Å². The van der Waals surface area contributed by atoms with E-state index >= 15 is 0 Å². The van der Waals surface area contributed by atoms with Gasteiger partial charge in [0, 0.05) is 60.8 Å². The molecule has 7 aromatic carbocycles. The first kappa shape index (κ1) is 28.9. The van der Waals surface area contributed by atoms with E-state index in [1.807, 2.05) is 91.0 Å². The molecule has 0 radical (unpaired) electrons. The second kappa shape index (κ2) is 10.7. The number of rotatable bonds is 3. The van der Waals surface area contributed by atoms with E-state index in [0.717, 1.165) is 93.1 Å². The van der Waals surface area contributed by atoms with Crippen LogP contribution in [0.5, 0.6) is 0 Å². The van der Waals surface area contributed by atoms with Gasteiger partial charge in [-0.25, -0.2) is 9.97 Å². The summed E-state index contributed by atoms with van der Waals surface area (Å²) < 4.78 is 17.0. The molecule has 250 valence electrons. The molecule has 12 aromatic rings. The van der Waals surface area contributed by atoms with Crippen LogP contribution in [-0.2, 0) is 0 Å². The van der Waals surface area contributed by atoms with Gasteiger partial charge in [-0.15, -0.1) is 0 Å². The van der Waals surface area contributed by atoms with Gasteiger partial charge in [0.15, 0.2) is 17.5 Å². The van der Waals surface area contributed by atoms with Crippen LogP contribution >= 0.6 is 0 Å². The third-order valence-electron chi connectivity index (χ3n) is 10.8. The lowest BCUT2D eigenvalue weighted by atomic mass is 10.1. The van der Waals surface area contributed by atoms with Crippen molar-refractivity contribution >= 4 is 87.5 Å². The molecule has 7 heteroatoms. The van der Waals surface area contributed by atoms with Crippen LogP contribution in [0.1, 0.15) is 5.56 Å². The largest absolute Gasteiger partial charge is 0.456 e. The molecule has 0 saturated carbocycles. The van der Waals surface area contributed by atoms with Crippen molar-refractivity contribution in [2.24, 2.45) is 0 Å². The summed E-state index contributed by atoms with van der Waals surface area (Å²) in [6.45, 7) is 0. The zero-order valence-corrected chi connectivity index (χ0v) is 28.5. The van der Waals surface area contributed by atoms with Crippen LogP contribution in [0.25, 0.3) is 111 Å². The monoisotopic (exact) mass is 691 g/mol. The van der Waals surface area contributed by atoms with Gasteiger partial charge in [-0.05, 0) is 36.4 Å². The van der Waals surface area contributed by atoms with Crippen molar-refractivity contribution in [3.8, 4) is 29.1 Å². The third-order valence-corrected chi connectivity index (χ3v) is 10.8. The van der Waals surface area contributed by atoms with Gasteiger partial charge in [-0.1, -0.05) is 103 Å². The summed E-state index contributed by atoms with van der Waals surface area (Å²) in [5, 5.41) is 19.7. The molecule has 0 amide bonds. The number of nitriles is 1. The predicted molar refractivity (Wildman–Crippen MR) is 215 cm³/mol. The van der Waals surface area contributed by atoms with Gasteiger partial charge in [0.1, 0.15) is 34.0 Å². The number of nitrogens with zero attached hydrogens (tertiary/aromatic N) is 5. The number of aromatic nitrogens is 4. The van der Waals surface area contributed by atoms with Crippen molar-refractivity contribution in [1.82, 2.24) is 19.1 Å². The summed E-state index contributed by atoms with van der Waals surface area (Å²) in [6.07, 6.45) is 0. The Balaban J connectivity index is 1.24. The lowest BCUT2D eigenvalue weighted by Gasteiger charge is -2.16. The van der Waals surface area contributed by atoms with Gasteiger partial charge < -0.3 is 8.83 Å². The Kier molecular flexibility index (Phi) is 5.72. The molecule has 0 bridgehead atoms. The summed E-state index contributed by atoms with van der Waals surface area (Å²) >= 11 is 0. The van der Waals surface area contributed by atoms with Crippen molar-refractivity contribution < 1.29 is 8.83 Å². The van der Waals surface area contributed by atoms with E-state index in [1.54, 1.807) is 0 Å². The Bertz CT molecular complexity index is 3370. The van der Waals surface area contributed by atoms with Crippen molar-refractivity contribution in [3.63, 3.8) is 0 Å². The highest BCUT2D eigenvalue weighted by Gasteiger charge is 2.26. The molecule has 54 heavy (non-hydrogen) atoms. The highest BCUT2D eigenvalue weighted by atomic mass is 16.3. The smallest absolute Gasteiger partial charge is 0.164 e. The van der Waals surface area contributed by atoms with Crippen LogP contribution in [0, 0.1) is 11.3 Å². The molecule has 0 N–H and O–H groups in total. The molecular formula is C47H25N5O2.